The lowest BCUT2D eigenvalue weighted by Gasteiger charge is -2.40. The van der Waals surface area contributed by atoms with Gasteiger partial charge >= 0.3 is 5.97 Å². The Kier molecular flexibility index (Phi) is 4.29. The zero-order valence-corrected chi connectivity index (χ0v) is 15.8. The number of aromatic nitrogens is 1. The van der Waals surface area contributed by atoms with Crippen LogP contribution in [0.2, 0.25) is 0 Å². The quantitative estimate of drug-likeness (QED) is 0.884. The lowest BCUT2D eigenvalue weighted by molar-refractivity contribution is -0.147. The maximum Gasteiger partial charge on any atom is 0.326 e. The number of benzene rings is 1. The Morgan fingerprint density at radius 2 is 1.93 bits per heavy atom. The van der Waals surface area contributed by atoms with Gasteiger partial charge in [0.15, 0.2) is 0 Å². The summed E-state index contributed by atoms with van der Waals surface area (Å²) in [5.41, 5.74) is 3.12. The van der Waals surface area contributed by atoms with Gasteiger partial charge in [0.05, 0.1) is 5.52 Å². The van der Waals surface area contributed by atoms with E-state index in [1.54, 1.807) is 4.90 Å². The number of piperidine rings is 1. The molecule has 6 nitrogen and oxygen atoms in total. The smallest absolute Gasteiger partial charge is 0.326 e. The molecular formula is C21H25N3O3. The highest BCUT2D eigenvalue weighted by Gasteiger charge is 2.49. The summed E-state index contributed by atoms with van der Waals surface area (Å²) in [6.07, 6.45) is 2.36. The lowest BCUT2D eigenvalue weighted by atomic mass is 9.76. The molecule has 1 aromatic carbocycles. The van der Waals surface area contributed by atoms with Crippen LogP contribution in [0.4, 0.5) is 5.69 Å². The minimum absolute atomic E-state index is 0.0803. The topological polar surface area (TPSA) is 73.7 Å². The SMILES string of the molecule is CC(=O)N1CC2(CCN(c3cc(C)nc4ccccc34)CC2)C[C@@H]1C(=O)O. The van der Waals surface area contributed by atoms with Crippen molar-refractivity contribution in [2.75, 3.05) is 24.5 Å². The van der Waals surface area contributed by atoms with E-state index in [1.165, 1.54) is 12.6 Å². The van der Waals surface area contributed by atoms with E-state index in [0.29, 0.717) is 13.0 Å². The number of carboxylic acid groups (broad SMARTS) is 1. The molecule has 3 heterocycles. The van der Waals surface area contributed by atoms with Gasteiger partial charge in [0, 0.05) is 43.3 Å². The number of carbonyl (C=O) groups is 2. The van der Waals surface area contributed by atoms with Crippen LogP contribution in [0.3, 0.4) is 0 Å². The van der Waals surface area contributed by atoms with E-state index in [2.05, 4.69) is 22.0 Å². The van der Waals surface area contributed by atoms with Gasteiger partial charge in [0.2, 0.25) is 5.91 Å². The summed E-state index contributed by atoms with van der Waals surface area (Å²) in [6.45, 7) is 5.77. The normalized spacial score (nSPS) is 21.8. The number of likely N-dealkylation sites (tertiary alicyclic amines) is 1. The van der Waals surface area contributed by atoms with Crippen molar-refractivity contribution in [3.63, 3.8) is 0 Å². The molecule has 0 bridgehead atoms. The van der Waals surface area contributed by atoms with Crippen LogP contribution < -0.4 is 4.90 Å². The van der Waals surface area contributed by atoms with E-state index >= 15 is 0 Å². The lowest BCUT2D eigenvalue weighted by Crippen LogP contribution is -2.42. The van der Waals surface area contributed by atoms with Crippen LogP contribution in [0.1, 0.15) is 31.9 Å². The summed E-state index contributed by atoms with van der Waals surface area (Å²) in [6, 6.07) is 9.64. The number of nitrogens with zero attached hydrogens (tertiary/aromatic N) is 3. The number of rotatable bonds is 2. The third-order valence-corrected chi connectivity index (χ3v) is 6.19. The molecule has 2 aromatic rings. The Bertz CT molecular complexity index is 879. The average molecular weight is 367 g/mol. The van der Waals surface area contributed by atoms with Crippen LogP contribution in [0.5, 0.6) is 0 Å². The number of hydrogen-bond donors (Lipinski definition) is 1. The third kappa shape index (κ3) is 3.13. The summed E-state index contributed by atoms with van der Waals surface area (Å²) >= 11 is 0. The maximum absolute atomic E-state index is 11.9. The maximum atomic E-state index is 11.9. The second-order valence-electron chi connectivity index (χ2n) is 7.99. The molecule has 2 fully saturated rings. The van der Waals surface area contributed by atoms with Crippen molar-refractivity contribution in [1.82, 2.24) is 9.88 Å². The second kappa shape index (κ2) is 6.51. The van der Waals surface area contributed by atoms with Gasteiger partial charge in [-0.25, -0.2) is 4.79 Å². The highest BCUT2D eigenvalue weighted by atomic mass is 16.4. The highest BCUT2D eigenvalue weighted by molar-refractivity contribution is 5.92. The Morgan fingerprint density at radius 3 is 2.56 bits per heavy atom. The number of pyridine rings is 1. The molecule has 6 heteroatoms. The minimum Gasteiger partial charge on any atom is -0.480 e. The predicted octanol–water partition coefficient (Wildman–Crippen LogP) is 2.84. The van der Waals surface area contributed by atoms with Crippen LogP contribution in [0.15, 0.2) is 30.3 Å². The van der Waals surface area contributed by atoms with E-state index in [0.717, 1.165) is 42.5 Å². The first-order chi connectivity index (χ1) is 12.9. The molecule has 1 spiro atoms. The molecule has 4 rings (SSSR count). The van der Waals surface area contributed by atoms with E-state index < -0.39 is 12.0 Å². The fraction of sp³-hybridized carbons (Fsp3) is 0.476. The van der Waals surface area contributed by atoms with Crippen LogP contribution in [-0.2, 0) is 9.59 Å². The van der Waals surface area contributed by atoms with Gasteiger partial charge in [0.25, 0.3) is 0 Å². The first-order valence-corrected chi connectivity index (χ1v) is 9.50. The highest BCUT2D eigenvalue weighted by Crippen LogP contribution is 2.44. The van der Waals surface area contributed by atoms with Crippen molar-refractivity contribution in [1.29, 1.82) is 0 Å². The molecule has 0 unspecified atom stereocenters. The van der Waals surface area contributed by atoms with Gasteiger partial charge in [-0.2, -0.15) is 0 Å². The number of aryl methyl sites for hydroxylation is 1. The molecule has 2 saturated heterocycles. The van der Waals surface area contributed by atoms with Crippen molar-refractivity contribution < 1.29 is 14.7 Å². The van der Waals surface area contributed by atoms with Gasteiger partial charge in [0.1, 0.15) is 6.04 Å². The summed E-state index contributed by atoms with van der Waals surface area (Å²) < 4.78 is 0. The molecule has 2 aliphatic heterocycles. The minimum atomic E-state index is -0.889. The largest absolute Gasteiger partial charge is 0.480 e. The Hall–Kier alpha value is -2.63. The number of carboxylic acids is 1. The molecule has 1 amide bonds. The Labute approximate surface area is 158 Å². The summed E-state index contributed by atoms with van der Waals surface area (Å²) in [5.74, 6) is -1.03. The molecular weight excluding hydrogens is 342 g/mol. The average Bonchev–Trinajstić information content (AvgIpc) is 3.02. The van der Waals surface area contributed by atoms with E-state index in [1.807, 2.05) is 25.1 Å². The van der Waals surface area contributed by atoms with Crippen LogP contribution in [0.25, 0.3) is 10.9 Å². The van der Waals surface area contributed by atoms with Crippen LogP contribution in [0, 0.1) is 12.3 Å². The number of aliphatic carboxylic acids is 1. The molecule has 0 radical (unpaired) electrons. The number of carbonyl (C=O) groups excluding carboxylic acids is 1. The zero-order valence-electron chi connectivity index (χ0n) is 15.8. The van der Waals surface area contributed by atoms with Gasteiger partial charge in [-0.1, -0.05) is 18.2 Å². The van der Waals surface area contributed by atoms with E-state index in [4.69, 9.17) is 0 Å². The molecule has 1 atom stereocenters. The second-order valence-corrected chi connectivity index (χ2v) is 7.99. The number of anilines is 1. The first kappa shape index (κ1) is 17.8. The van der Waals surface area contributed by atoms with Crippen LogP contribution >= 0.6 is 0 Å². The monoisotopic (exact) mass is 367 g/mol. The predicted molar refractivity (Wildman–Crippen MR) is 104 cm³/mol. The molecule has 2 aliphatic rings. The molecule has 0 aliphatic carbocycles. The number of amides is 1. The fourth-order valence-corrected chi connectivity index (χ4v) is 4.74. The molecule has 1 N–H and O–H groups in total. The van der Waals surface area contributed by atoms with Crippen LogP contribution in [-0.4, -0.2) is 52.5 Å². The number of hydrogen-bond acceptors (Lipinski definition) is 4. The summed E-state index contributed by atoms with van der Waals surface area (Å²) in [4.78, 5) is 32.1. The van der Waals surface area contributed by atoms with E-state index in [9.17, 15) is 14.7 Å². The van der Waals surface area contributed by atoms with Crippen molar-refractivity contribution in [3.8, 4) is 0 Å². The molecule has 0 saturated carbocycles. The van der Waals surface area contributed by atoms with Crippen molar-refractivity contribution in [2.24, 2.45) is 5.41 Å². The summed E-state index contributed by atoms with van der Waals surface area (Å²) in [7, 11) is 0. The molecule has 142 valence electrons. The first-order valence-electron chi connectivity index (χ1n) is 9.50. The van der Waals surface area contributed by atoms with Gasteiger partial charge in [-0.3, -0.25) is 9.78 Å². The molecule has 1 aromatic heterocycles. The number of fused-ring (bicyclic) bond motifs is 1. The standard InChI is InChI=1S/C21H25N3O3/c1-14-11-18(16-5-3-4-6-17(16)22-14)23-9-7-21(8-10-23)12-19(20(26)27)24(13-21)15(2)25/h3-6,11,19H,7-10,12-13H2,1-2H3,(H,26,27)/t19-/m1/s1. The van der Waals surface area contributed by atoms with Gasteiger partial charge in [-0.05, 0) is 43.7 Å². The zero-order chi connectivity index (χ0) is 19.2. The van der Waals surface area contributed by atoms with E-state index in [-0.39, 0.29) is 11.3 Å². The third-order valence-electron chi connectivity index (χ3n) is 6.19. The van der Waals surface area contributed by atoms with Crippen molar-refractivity contribution >= 4 is 28.5 Å². The molecule has 27 heavy (non-hydrogen) atoms. The number of para-hydroxylation sites is 1. The fourth-order valence-electron chi connectivity index (χ4n) is 4.74. The van der Waals surface area contributed by atoms with Gasteiger partial charge in [-0.15, -0.1) is 0 Å². The Morgan fingerprint density at radius 1 is 1.22 bits per heavy atom. The Balaban J connectivity index is 1.57. The van der Waals surface area contributed by atoms with Crippen molar-refractivity contribution in [3.05, 3.63) is 36.0 Å². The van der Waals surface area contributed by atoms with Crippen molar-refractivity contribution in [2.45, 2.75) is 39.2 Å². The van der Waals surface area contributed by atoms with Gasteiger partial charge < -0.3 is 14.9 Å². The summed E-state index contributed by atoms with van der Waals surface area (Å²) in [5, 5.41) is 10.7.